The molecule has 1 heterocycles. The van der Waals surface area contributed by atoms with Crippen LogP contribution in [-0.2, 0) is 6.54 Å². The lowest BCUT2D eigenvalue weighted by atomic mass is 10.1. The molecule has 1 saturated carbocycles. The van der Waals surface area contributed by atoms with Crippen LogP contribution in [0, 0.1) is 0 Å². The van der Waals surface area contributed by atoms with Crippen LogP contribution in [0.25, 0.3) is 0 Å². The normalized spacial score (nSPS) is 18.4. The van der Waals surface area contributed by atoms with Gasteiger partial charge >= 0.3 is 6.03 Å². The summed E-state index contributed by atoms with van der Waals surface area (Å²) in [6.45, 7) is 6.78. The average molecular weight is 408 g/mol. The number of ether oxygens (including phenoxy) is 1. The maximum atomic E-state index is 13.4. The minimum atomic E-state index is 0.0856. The number of rotatable bonds is 7. The molecular formula is C25H33N3O2. The molecule has 2 amide bonds. The second-order valence-electron chi connectivity index (χ2n) is 8.44. The average Bonchev–Trinajstić information content (AvgIpc) is 3.52. The van der Waals surface area contributed by atoms with E-state index in [0.717, 1.165) is 42.9 Å². The fourth-order valence-corrected chi connectivity index (χ4v) is 4.42. The van der Waals surface area contributed by atoms with Crippen molar-refractivity contribution in [3.63, 3.8) is 0 Å². The third-order valence-corrected chi connectivity index (χ3v) is 6.35. The van der Waals surface area contributed by atoms with Gasteiger partial charge < -0.3 is 14.5 Å². The molecule has 0 unspecified atom stereocenters. The van der Waals surface area contributed by atoms with Gasteiger partial charge in [-0.1, -0.05) is 12.1 Å². The van der Waals surface area contributed by atoms with Crippen molar-refractivity contribution in [1.29, 1.82) is 0 Å². The van der Waals surface area contributed by atoms with E-state index in [2.05, 4.69) is 43.0 Å². The zero-order valence-electron chi connectivity index (χ0n) is 18.4. The topological polar surface area (TPSA) is 36.0 Å². The molecule has 5 heteroatoms. The molecule has 0 aromatic heterocycles. The minimum absolute atomic E-state index is 0.0856. The molecule has 4 rings (SSSR count). The van der Waals surface area contributed by atoms with Crippen molar-refractivity contribution in [2.75, 3.05) is 30.0 Å². The van der Waals surface area contributed by atoms with Crippen molar-refractivity contribution < 1.29 is 9.53 Å². The SMILES string of the molecule is CCN(c1ccc(CN(C(=O)N2CCC[C@H]2C)c2ccc(OC)cc2)cc1)C1CC1. The lowest BCUT2D eigenvalue weighted by molar-refractivity contribution is 0.202. The van der Waals surface area contributed by atoms with Gasteiger partial charge in [0, 0.05) is 36.5 Å². The first-order valence-corrected chi connectivity index (χ1v) is 11.2. The highest BCUT2D eigenvalue weighted by molar-refractivity contribution is 5.92. The van der Waals surface area contributed by atoms with Crippen LogP contribution in [0.5, 0.6) is 5.75 Å². The number of benzene rings is 2. The Balaban J connectivity index is 1.56. The fourth-order valence-electron chi connectivity index (χ4n) is 4.42. The zero-order chi connectivity index (χ0) is 21.1. The van der Waals surface area contributed by atoms with Crippen molar-refractivity contribution in [2.24, 2.45) is 0 Å². The van der Waals surface area contributed by atoms with Crippen molar-refractivity contribution in [3.8, 4) is 5.75 Å². The van der Waals surface area contributed by atoms with Crippen LogP contribution in [-0.4, -0.2) is 43.2 Å². The first kappa shape index (κ1) is 20.6. The molecule has 2 aliphatic rings. The molecule has 2 aromatic rings. The number of likely N-dealkylation sites (tertiary alicyclic amines) is 1. The molecule has 0 radical (unpaired) electrons. The summed E-state index contributed by atoms with van der Waals surface area (Å²) in [5, 5.41) is 0. The monoisotopic (exact) mass is 407 g/mol. The van der Waals surface area contributed by atoms with Crippen molar-refractivity contribution >= 4 is 17.4 Å². The molecule has 1 atom stereocenters. The van der Waals surface area contributed by atoms with E-state index in [1.165, 1.54) is 18.5 Å². The Kier molecular flexibility index (Phi) is 6.16. The summed E-state index contributed by atoms with van der Waals surface area (Å²) in [4.78, 5) is 19.8. The minimum Gasteiger partial charge on any atom is -0.497 e. The maximum Gasteiger partial charge on any atom is 0.325 e. The van der Waals surface area contributed by atoms with Crippen LogP contribution >= 0.6 is 0 Å². The van der Waals surface area contributed by atoms with Crippen LogP contribution < -0.4 is 14.5 Å². The van der Waals surface area contributed by atoms with Gasteiger partial charge in [0.2, 0.25) is 0 Å². The number of methoxy groups -OCH3 is 1. The van der Waals surface area contributed by atoms with Gasteiger partial charge in [-0.05, 0) is 81.5 Å². The number of carbonyl (C=O) groups is 1. The van der Waals surface area contributed by atoms with Crippen LogP contribution in [0.2, 0.25) is 0 Å². The summed E-state index contributed by atoms with van der Waals surface area (Å²) in [5.74, 6) is 0.796. The summed E-state index contributed by atoms with van der Waals surface area (Å²) < 4.78 is 5.30. The van der Waals surface area contributed by atoms with Gasteiger partial charge in [0.25, 0.3) is 0 Å². The Hall–Kier alpha value is -2.69. The van der Waals surface area contributed by atoms with Gasteiger partial charge in [0.05, 0.1) is 13.7 Å². The van der Waals surface area contributed by atoms with E-state index in [4.69, 9.17) is 4.74 Å². The van der Waals surface area contributed by atoms with Crippen LogP contribution in [0.3, 0.4) is 0 Å². The van der Waals surface area contributed by atoms with Crippen LogP contribution in [0.15, 0.2) is 48.5 Å². The predicted octanol–water partition coefficient (Wildman–Crippen LogP) is 5.29. The summed E-state index contributed by atoms with van der Waals surface area (Å²) in [5.41, 5.74) is 3.32. The van der Waals surface area contributed by atoms with E-state index >= 15 is 0 Å². The lowest BCUT2D eigenvalue weighted by Gasteiger charge is -2.31. The molecule has 0 spiro atoms. The molecular weight excluding hydrogens is 374 g/mol. The zero-order valence-corrected chi connectivity index (χ0v) is 18.4. The highest BCUT2D eigenvalue weighted by Crippen LogP contribution is 2.32. The van der Waals surface area contributed by atoms with E-state index in [0.29, 0.717) is 12.6 Å². The number of nitrogens with zero attached hydrogens (tertiary/aromatic N) is 3. The highest BCUT2D eigenvalue weighted by atomic mass is 16.5. The largest absolute Gasteiger partial charge is 0.497 e. The third-order valence-electron chi connectivity index (χ3n) is 6.35. The van der Waals surface area contributed by atoms with Gasteiger partial charge in [0.15, 0.2) is 0 Å². The number of amides is 2. The Labute approximate surface area is 180 Å². The van der Waals surface area contributed by atoms with Crippen molar-refractivity contribution in [3.05, 3.63) is 54.1 Å². The van der Waals surface area contributed by atoms with Crippen molar-refractivity contribution in [2.45, 2.75) is 58.2 Å². The molecule has 2 aromatic carbocycles. The summed E-state index contributed by atoms with van der Waals surface area (Å²) in [6.07, 6.45) is 4.74. The van der Waals surface area contributed by atoms with Gasteiger partial charge in [-0.15, -0.1) is 0 Å². The number of hydrogen-bond acceptors (Lipinski definition) is 3. The number of urea groups is 1. The summed E-state index contributed by atoms with van der Waals surface area (Å²) >= 11 is 0. The molecule has 1 saturated heterocycles. The molecule has 5 nitrogen and oxygen atoms in total. The smallest absolute Gasteiger partial charge is 0.325 e. The molecule has 2 fully saturated rings. The third kappa shape index (κ3) is 4.40. The maximum absolute atomic E-state index is 13.4. The van der Waals surface area contributed by atoms with E-state index in [-0.39, 0.29) is 12.1 Å². The van der Waals surface area contributed by atoms with E-state index < -0.39 is 0 Å². The van der Waals surface area contributed by atoms with Crippen molar-refractivity contribution in [1.82, 2.24) is 4.90 Å². The van der Waals surface area contributed by atoms with E-state index in [1.54, 1.807) is 7.11 Å². The Morgan fingerprint density at radius 3 is 2.23 bits per heavy atom. The molecule has 0 N–H and O–H groups in total. The number of anilines is 2. The molecule has 0 bridgehead atoms. The second kappa shape index (κ2) is 8.99. The second-order valence-corrected chi connectivity index (χ2v) is 8.44. The van der Waals surface area contributed by atoms with E-state index in [1.807, 2.05) is 34.1 Å². The first-order valence-electron chi connectivity index (χ1n) is 11.2. The standard InChI is InChI=1S/C25H33N3O2/c1-4-26(22-11-12-22)21-9-7-20(8-10-21)18-28(23-13-15-24(30-3)16-14-23)25(29)27-17-5-6-19(27)2/h7-10,13-16,19,22H,4-6,11-12,17-18H2,1-3H3/t19-/m1/s1. The Morgan fingerprint density at radius 1 is 1.03 bits per heavy atom. The van der Waals surface area contributed by atoms with Gasteiger partial charge in [0.1, 0.15) is 5.75 Å². The number of carbonyl (C=O) groups excluding carboxylic acids is 1. The number of hydrogen-bond donors (Lipinski definition) is 0. The molecule has 30 heavy (non-hydrogen) atoms. The van der Waals surface area contributed by atoms with Gasteiger partial charge in [-0.25, -0.2) is 4.79 Å². The quantitative estimate of drug-likeness (QED) is 0.625. The summed E-state index contributed by atoms with van der Waals surface area (Å²) in [6, 6.07) is 17.6. The van der Waals surface area contributed by atoms with Gasteiger partial charge in [-0.3, -0.25) is 4.90 Å². The Bertz CT molecular complexity index is 846. The Morgan fingerprint density at radius 2 is 1.70 bits per heavy atom. The van der Waals surface area contributed by atoms with Crippen LogP contribution in [0.1, 0.15) is 45.1 Å². The molecule has 160 valence electrons. The van der Waals surface area contributed by atoms with Crippen LogP contribution in [0.4, 0.5) is 16.2 Å². The fraction of sp³-hybridized carbons (Fsp3) is 0.480. The predicted molar refractivity (Wildman–Crippen MR) is 122 cm³/mol. The van der Waals surface area contributed by atoms with Gasteiger partial charge in [-0.2, -0.15) is 0 Å². The highest BCUT2D eigenvalue weighted by Gasteiger charge is 2.30. The first-order chi connectivity index (χ1) is 14.6. The lowest BCUT2D eigenvalue weighted by Crippen LogP contribution is -2.44. The molecule has 1 aliphatic heterocycles. The van der Waals surface area contributed by atoms with E-state index in [9.17, 15) is 4.79 Å². The molecule has 1 aliphatic carbocycles. The summed E-state index contributed by atoms with van der Waals surface area (Å²) in [7, 11) is 1.66.